The Balaban J connectivity index is 4.14. The van der Waals surface area contributed by atoms with Gasteiger partial charge in [-0.15, -0.1) is 11.6 Å². The zero-order valence-corrected chi connectivity index (χ0v) is 11.1. The first-order valence-electron chi connectivity index (χ1n) is 4.15. The summed E-state index contributed by atoms with van der Waals surface area (Å²) >= 11 is 15.4. The maximum Gasteiger partial charge on any atom is 0.0894 e. The van der Waals surface area contributed by atoms with E-state index in [0.717, 1.165) is 12.8 Å². The van der Waals surface area contributed by atoms with Gasteiger partial charge in [0.2, 0.25) is 0 Å². The fourth-order valence-electron chi connectivity index (χ4n) is 0.865. The Hall–Kier alpha value is 0.540. The number of hydrogen-bond acceptors (Lipinski definition) is 0. The zero-order chi connectivity index (χ0) is 10.5. The smallest absolute Gasteiger partial charge is 0.0894 e. The van der Waals surface area contributed by atoms with E-state index in [1.165, 1.54) is 5.57 Å². The Morgan fingerprint density at radius 2 is 2.08 bits per heavy atom. The SMILES string of the molecule is C=C(Cl)[C@](Cl)(CBr)CCC=C(C)C. The minimum Gasteiger partial charge on any atom is -0.112 e. The van der Waals surface area contributed by atoms with Gasteiger partial charge < -0.3 is 0 Å². The highest BCUT2D eigenvalue weighted by Crippen LogP contribution is 2.34. The van der Waals surface area contributed by atoms with Gasteiger partial charge in [-0.2, -0.15) is 0 Å². The Morgan fingerprint density at radius 1 is 1.54 bits per heavy atom. The molecule has 0 saturated heterocycles. The van der Waals surface area contributed by atoms with Crippen LogP contribution < -0.4 is 0 Å². The van der Waals surface area contributed by atoms with Crippen LogP contribution in [0.15, 0.2) is 23.3 Å². The molecule has 0 aliphatic heterocycles. The summed E-state index contributed by atoms with van der Waals surface area (Å²) in [6.45, 7) is 7.82. The second kappa shape index (κ2) is 6.10. The average Bonchev–Trinajstić information content (AvgIpc) is 2.03. The van der Waals surface area contributed by atoms with Crippen molar-refractivity contribution >= 4 is 39.1 Å². The van der Waals surface area contributed by atoms with Crippen molar-refractivity contribution in [3.63, 3.8) is 0 Å². The molecule has 0 amide bonds. The molecule has 76 valence electrons. The highest BCUT2D eigenvalue weighted by Gasteiger charge is 2.27. The molecule has 0 aromatic carbocycles. The van der Waals surface area contributed by atoms with Gasteiger partial charge in [-0.1, -0.05) is 45.8 Å². The van der Waals surface area contributed by atoms with Crippen molar-refractivity contribution < 1.29 is 0 Å². The predicted octanol–water partition coefficient (Wildman–Crippen LogP) is 4.86. The third-order valence-corrected chi connectivity index (χ3v) is 4.08. The van der Waals surface area contributed by atoms with E-state index in [0.29, 0.717) is 10.4 Å². The fourth-order valence-corrected chi connectivity index (χ4v) is 1.92. The molecule has 1 atom stereocenters. The lowest BCUT2D eigenvalue weighted by Gasteiger charge is -2.22. The molecule has 0 rings (SSSR count). The van der Waals surface area contributed by atoms with E-state index in [-0.39, 0.29) is 0 Å². The first-order chi connectivity index (χ1) is 5.92. The number of hydrogen-bond donors (Lipinski definition) is 0. The summed E-state index contributed by atoms with van der Waals surface area (Å²) in [6, 6.07) is 0. The Kier molecular flexibility index (Phi) is 6.36. The molecule has 0 aliphatic carbocycles. The predicted molar refractivity (Wildman–Crippen MR) is 66.0 cm³/mol. The van der Waals surface area contributed by atoms with Crippen LogP contribution in [0.2, 0.25) is 0 Å². The van der Waals surface area contributed by atoms with Gasteiger partial charge in [0.15, 0.2) is 0 Å². The Bertz CT molecular complexity index is 207. The van der Waals surface area contributed by atoms with Crippen molar-refractivity contribution in [1.29, 1.82) is 0 Å². The molecule has 0 unspecified atom stereocenters. The highest BCUT2D eigenvalue weighted by molar-refractivity contribution is 9.09. The molecule has 0 aromatic rings. The molecular weight excluding hydrogens is 271 g/mol. The molecule has 0 N–H and O–H groups in total. The van der Waals surface area contributed by atoms with Crippen LogP contribution in [-0.2, 0) is 0 Å². The van der Waals surface area contributed by atoms with Gasteiger partial charge in [-0.3, -0.25) is 0 Å². The van der Waals surface area contributed by atoms with Crippen LogP contribution >= 0.6 is 39.1 Å². The largest absolute Gasteiger partial charge is 0.112 e. The van der Waals surface area contributed by atoms with Crippen LogP contribution in [0.1, 0.15) is 26.7 Å². The highest BCUT2D eigenvalue weighted by atomic mass is 79.9. The van der Waals surface area contributed by atoms with Crippen LogP contribution in [0, 0.1) is 0 Å². The van der Waals surface area contributed by atoms with Gasteiger partial charge in [0, 0.05) is 10.4 Å². The van der Waals surface area contributed by atoms with Crippen LogP contribution in [0.3, 0.4) is 0 Å². The summed E-state index contributed by atoms with van der Waals surface area (Å²) in [4.78, 5) is -0.506. The van der Waals surface area contributed by atoms with Crippen molar-refractivity contribution in [3.05, 3.63) is 23.3 Å². The molecule has 0 bridgehead atoms. The summed E-state index contributed by atoms with van der Waals surface area (Å²) in [6.07, 6.45) is 3.90. The normalized spacial score (nSPS) is 14.8. The van der Waals surface area contributed by atoms with Crippen LogP contribution in [0.4, 0.5) is 0 Å². The number of allylic oxidation sites excluding steroid dienone is 3. The number of halogens is 3. The molecule has 0 aromatic heterocycles. The first kappa shape index (κ1) is 13.5. The van der Waals surface area contributed by atoms with Gasteiger partial charge in [0.05, 0.1) is 4.87 Å². The second-order valence-corrected chi connectivity index (χ2v) is 5.06. The molecular formula is C10H15BrCl2. The molecule has 0 aliphatic rings. The molecule has 0 spiro atoms. The van der Waals surface area contributed by atoms with E-state index in [4.69, 9.17) is 23.2 Å². The maximum absolute atomic E-state index is 6.23. The Labute approximate surface area is 99.1 Å². The zero-order valence-electron chi connectivity index (χ0n) is 8.04. The van der Waals surface area contributed by atoms with Gasteiger partial charge in [-0.05, 0) is 26.7 Å². The van der Waals surface area contributed by atoms with Crippen molar-refractivity contribution in [2.75, 3.05) is 5.33 Å². The Morgan fingerprint density at radius 3 is 2.38 bits per heavy atom. The quantitative estimate of drug-likeness (QED) is 0.500. The van der Waals surface area contributed by atoms with Gasteiger partial charge in [0.1, 0.15) is 0 Å². The minimum atomic E-state index is -0.506. The van der Waals surface area contributed by atoms with E-state index >= 15 is 0 Å². The first-order valence-corrected chi connectivity index (χ1v) is 6.03. The lowest BCUT2D eigenvalue weighted by molar-refractivity contribution is 0.699. The third-order valence-electron chi connectivity index (χ3n) is 1.79. The summed E-state index contributed by atoms with van der Waals surface area (Å²) in [5.41, 5.74) is 1.30. The summed E-state index contributed by atoms with van der Waals surface area (Å²) in [5, 5.41) is 1.15. The third kappa shape index (κ3) is 5.09. The van der Waals surface area contributed by atoms with E-state index in [2.05, 4.69) is 42.4 Å². The van der Waals surface area contributed by atoms with E-state index < -0.39 is 4.87 Å². The van der Waals surface area contributed by atoms with Crippen molar-refractivity contribution in [2.24, 2.45) is 0 Å². The topological polar surface area (TPSA) is 0 Å². The molecule has 13 heavy (non-hydrogen) atoms. The summed E-state index contributed by atoms with van der Waals surface area (Å²) in [5.74, 6) is 0. The van der Waals surface area contributed by atoms with Crippen LogP contribution in [0.5, 0.6) is 0 Å². The van der Waals surface area contributed by atoms with Crippen molar-refractivity contribution in [2.45, 2.75) is 31.6 Å². The monoisotopic (exact) mass is 284 g/mol. The minimum absolute atomic E-state index is 0.506. The summed E-state index contributed by atoms with van der Waals surface area (Å²) < 4.78 is 0. The molecule has 0 fully saturated rings. The van der Waals surface area contributed by atoms with Gasteiger partial charge in [0.25, 0.3) is 0 Å². The van der Waals surface area contributed by atoms with Crippen LogP contribution in [0.25, 0.3) is 0 Å². The van der Waals surface area contributed by atoms with E-state index in [9.17, 15) is 0 Å². The molecule has 0 radical (unpaired) electrons. The molecule has 0 saturated carbocycles. The maximum atomic E-state index is 6.23. The van der Waals surface area contributed by atoms with Gasteiger partial charge in [-0.25, -0.2) is 0 Å². The van der Waals surface area contributed by atoms with Crippen LogP contribution in [-0.4, -0.2) is 10.2 Å². The average molecular weight is 286 g/mol. The second-order valence-electron chi connectivity index (χ2n) is 3.32. The standard InChI is InChI=1S/C10H15BrCl2/c1-8(2)5-4-6-10(13,7-11)9(3)12/h5H,3-4,6-7H2,1-2H3/t10-/m1/s1. The fraction of sp³-hybridized carbons (Fsp3) is 0.600. The number of rotatable bonds is 5. The summed E-state index contributed by atoms with van der Waals surface area (Å²) in [7, 11) is 0. The van der Waals surface area contributed by atoms with Crippen molar-refractivity contribution in [3.8, 4) is 0 Å². The lowest BCUT2D eigenvalue weighted by atomic mass is 10.0. The molecule has 3 heteroatoms. The number of alkyl halides is 2. The van der Waals surface area contributed by atoms with Crippen molar-refractivity contribution in [1.82, 2.24) is 0 Å². The molecule has 0 heterocycles. The molecule has 0 nitrogen and oxygen atoms in total. The van der Waals surface area contributed by atoms with Gasteiger partial charge >= 0.3 is 0 Å². The lowest BCUT2D eigenvalue weighted by Crippen LogP contribution is -2.23. The van der Waals surface area contributed by atoms with E-state index in [1.807, 2.05) is 0 Å². The van der Waals surface area contributed by atoms with E-state index in [1.54, 1.807) is 0 Å².